The topological polar surface area (TPSA) is 29.5 Å². The van der Waals surface area contributed by atoms with Gasteiger partial charge in [-0.1, -0.05) is 26.0 Å². The predicted octanol–water partition coefficient (Wildman–Crippen LogP) is 2.53. The molecular weight excluding hydrogens is 200 g/mol. The van der Waals surface area contributed by atoms with Gasteiger partial charge in [0.25, 0.3) is 0 Å². The molecule has 1 aliphatic carbocycles. The maximum absolute atomic E-state index is 9.13. The molecule has 1 aromatic rings. The number of hydrogen-bond donors (Lipinski definition) is 1. The van der Waals surface area contributed by atoms with Crippen LogP contribution in [0.5, 0.6) is 5.75 Å². The summed E-state index contributed by atoms with van der Waals surface area (Å²) in [5.74, 6) is 1.51. The van der Waals surface area contributed by atoms with Crippen molar-refractivity contribution in [2.75, 3.05) is 13.7 Å². The second-order valence-electron chi connectivity index (χ2n) is 5.12. The lowest BCUT2D eigenvalue weighted by molar-refractivity contribution is 0.222. The second kappa shape index (κ2) is 4.10. The molecule has 0 aliphatic heterocycles. The zero-order chi connectivity index (χ0) is 11.8. The van der Waals surface area contributed by atoms with Gasteiger partial charge in [0, 0.05) is 6.61 Å². The van der Waals surface area contributed by atoms with Crippen LogP contribution in [0.3, 0.4) is 0 Å². The first-order chi connectivity index (χ1) is 7.61. The maximum atomic E-state index is 9.13. The van der Waals surface area contributed by atoms with E-state index in [-0.39, 0.29) is 12.0 Å². The molecule has 0 amide bonds. The summed E-state index contributed by atoms with van der Waals surface area (Å²) in [7, 11) is 1.72. The standard InChI is InChI=1S/C14H20O2/c1-14(2)10(7-8-15)9-11-12(14)5-4-6-13(11)16-3/h4-6,10,15H,7-9H2,1-3H3. The van der Waals surface area contributed by atoms with E-state index < -0.39 is 0 Å². The molecule has 1 atom stereocenters. The van der Waals surface area contributed by atoms with E-state index in [9.17, 15) is 0 Å². The number of aliphatic hydroxyl groups excluding tert-OH is 1. The number of aliphatic hydroxyl groups is 1. The van der Waals surface area contributed by atoms with Crippen molar-refractivity contribution in [1.29, 1.82) is 0 Å². The Balaban J connectivity index is 2.42. The van der Waals surface area contributed by atoms with Gasteiger partial charge in [-0.25, -0.2) is 0 Å². The first-order valence-corrected chi connectivity index (χ1v) is 5.88. The third-order valence-electron chi connectivity index (χ3n) is 4.00. The fourth-order valence-electron chi connectivity index (χ4n) is 2.91. The Morgan fingerprint density at radius 2 is 2.19 bits per heavy atom. The van der Waals surface area contributed by atoms with E-state index in [0.29, 0.717) is 5.92 Å². The lowest BCUT2D eigenvalue weighted by Crippen LogP contribution is -2.24. The minimum Gasteiger partial charge on any atom is -0.496 e. The molecule has 2 rings (SSSR count). The fraction of sp³-hybridized carbons (Fsp3) is 0.571. The molecule has 0 saturated heterocycles. The van der Waals surface area contributed by atoms with E-state index in [2.05, 4.69) is 26.0 Å². The Morgan fingerprint density at radius 3 is 2.81 bits per heavy atom. The molecule has 0 aromatic heterocycles. The smallest absolute Gasteiger partial charge is 0.122 e. The number of rotatable bonds is 3. The molecule has 0 radical (unpaired) electrons. The first kappa shape index (κ1) is 11.5. The fourth-order valence-corrected chi connectivity index (χ4v) is 2.91. The highest BCUT2D eigenvalue weighted by atomic mass is 16.5. The van der Waals surface area contributed by atoms with Crippen LogP contribution in [0.4, 0.5) is 0 Å². The predicted molar refractivity (Wildman–Crippen MR) is 64.9 cm³/mol. The normalized spacial score (nSPS) is 21.9. The monoisotopic (exact) mass is 220 g/mol. The van der Waals surface area contributed by atoms with E-state index in [1.165, 1.54) is 11.1 Å². The van der Waals surface area contributed by atoms with Gasteiger partial charge in [0.15, 0.2) is 0 Å². The van der Waals surface area contributed by atoms with Crippen LogP contribution in [0.1, 0.15) is 31.4 Å². The molecule has 0 fully saturated rings. The number of hydrogen-bond acceptors (Lipinski definition) is 2. The minimum absolute atomic E-state index is 0.145. The highest BCUT2D eigenvalue weighted by Crippen LogP contribution is 2.47. The van der Waals surface area contributed by atoms with E-state index in [4.69, 9.17) is 9.84 Å². The molecule has 1 N–H and O–H groups in total. The lowest BCUT2D eigenvalue weighted by Gasteiger charge is -2.27. The van der Waals surface area contributed by atoms with Gasteiger partial charge < -0.3 is 9.84 Å². The van der Waals surface area contributed by atoms with Gasteiger partial charge in [-0.2, -0.15) is 0 Å². The van der Waals surface area contributed by atoms with Crippen molar-refractivity contribution >= 4 is 0 Å². The largest absolute Gasteiger partial charge is 0.496 e. The quantitative estimate of drug-likeness (QED) is 0.848. The highest BCUT2D eigenvalue weighted by Gasteiger charge is 2.39. The van der Waals surface area contributed by atoms with Crippen LogP contribution in [0.15, 0.2) is 18.2 Å². The van der Waals surface area contributed by atoms with Crippen LogP contribution in [0.2, 0.25) is 0 Å². The Bertz CT molecular complexity index is 382. The summed E-state index contributed by atoms with van der Waals surface area (Å²) in [5, 5.41) is 9.13. The second-order valence-corrected chi connectivity index (χ2v) is 5.12. The van der Waals surface area contributed by atoms with Gasteiger partial charge >= 0.3 is 0 Å². The number of fused-ring (bicyclic) bond motifs is 1. The molecule has 0 bridgehead atoms. The third-order valence-corrected chi connectivity index (χ3v) is 4.00. The molecule has 0 spiro atoms. The van der Waals surface area contributed by atoms with Crippen molar-refractivity contribution < 1.29 is 9.84 Å². The van der Waals surface area contributed by atoms with Crippen LogP contribution >= 0.6 is 0 Å². The van der Waals surface area contributed by atoms with Crippen LogP contribution in [0, 0.1) is 5.92 Å². The zero-order valence-electron chi connectivity index (χ0n) is 10.3. The molecule has 2 heteroatoms. The van der Waals surface area contributed by atoms with E-state index in [1.807, 2.05) is 6.07 Å². The molecular formula is C14H20O2. The van der Waals surface area contributed by atoms with Crippen molar-refractivity contribution in [2.24, 2.45) is 5.92 Å². The number of ether oxygens (including phenoxy) is 1. The van der Waals surface area contributed by atoms with Gasteiger partial charge in [0.05, 0.1) is 7.11 Å². The molecule has 1 aromatic carbocycles. The molecule has 2 nitrogen and oxygen atoms in total. The lowest BCUT2D eigenvalue weighted by atomic mass is 9.77. The zero-order valence-corrected chi connectivity index (χ0v) is 10.3. The summed E-state index contributed by atoms with van der Waals surface area (Å²) < 4.78 is 5.41. The van der Waals surface area contributed by atoms with Crippen LogP contribution in [-0.4, -0.2) is 18.8 Å². The molecule has 1 unspecified atom stereocenters. The Hall–Kier alpha value is -1.02. The number of benzene rings is 1. The summed E-state index contributed by atoms with van der Waals surface area (Å²) in [6.45, 7) is 4.79. The average Bonchev–Trinajstić information content (AvgIpc) is 2.52. The Labute approximate surface area is 97.3 Å². The molecule has 16 heavy (non-hydrogen) atoms. The van der Waals surface area contributed by atoms with E-state index >= 15 is 0 Å². The summed E-state index contributed by atoms with van der Waals surface area (Å²) in [5.41, 5.74) is 2.85. The number of methoxy groups -OCH3 is 1. The van der Waals surface area contributed by atoms with Gasteiger partial charge in [0.2, 0.25) is 0 Å². The molecule has 88 valence electrons. The van der Waals surface area contributed by atoms with Crippen LogP contribution in [0.25, 0.3) is 0 Å². The Morgan fingerprint density at radius 1 is 1.44 bits per heavy atom. The summed E-state index contributed by atoms with van der Waals surface area (Å²) >= 11 is 0. The van der Waals surface area contributed by atoms with Gasteiger partial charge in [0.1, 0.15) is 5.75 Å². The van der Waals surface area contributed by atoms with Crippen LogP contribution in [-0.2, 0) is 11.8 Å². The van der Waals surface area contributed by atoms with Gasteiger partial charge in [-0.15, -0.1) is 0 Å². The maximum Gasteiger partial charge on any atom is 0.122 e. The molecule has 0 saturated carbocycles. The molecule has 0 heterocycles. The third kappa shape index (κ3) is 1.61. The van der Waals surface area contributed by atoms with Crippen molar-refractivity contribution in [2.45, 2.75) is 32.1 Å². The molecule has 1 aliphatic rings. The Kier molecular flexibility index (Phi) is 2.94. The van der Waals surface area contributed by atoms with E-state index in [0.717, 1.165) is 18.6 Å². The van der Waals surface area contributed by atoms with Crippen molar-refractivity contribution in [3.8, 4) is 5.75 Å². The van der Waals surface area contributed by atoms with Crippen molar-refractivity contribution in [3.63, 3.8) is 0 Å². The van der Waals surface area contributed by atoms with Crippen molar-refractivity contribution in [1.82, 2.24) is 0 Å². The highest BCUT2D eigenvalue weighted by molar-refractivity contribution is 5.48. The van der Waals surface area contributed by atoms with Gasteiger partial charge in [-0.3, -0.25) is 0 Å². The van der Waals surface area contributed by atoms with E-state index in [1.54, 1.807) is 7.11 Å². The van der Waals surface area contributed by atoms with Crippen molar-refractivity contribution in [3.05, 3.63) is 29.3 Å². The van der Waals surface area contributed by atoms with Gasteiger partial charge in [-0.05, 0) is 41.4 Å². The summed E-state index contributed by atoms with van der Waals surface area (Å²) in [4.78, 5) is 0. The van der Waals surface area contributed by atoms with Crippen LogP contribution < -0.4 is 4.74 Å². The summed E-state index contributed by atoms with van der Waals surface area (Å²) in [6, 6.07) is 6.27. The summed E-state index contributed by atoms with van der Waals surface area (Å²) in [6.07, 6.45) is 1.89. The minimum atomic E-state index is 0.145. The first-order valence-electron chi connectivity index (χ1n) is 5.88. The SMILES string of the molecule is COc1cccc2c1CC(CCO)C2(C)C. The average molecular weight is 220 g/mol.